The van der Waals surface area contributed by atoms with E-state index in [1.165, 1.54) is 24.2 Å². The van der Waals surface area contributed by atoms with Crippen LogP contribution >= 0.6 is 22.9 Å². The van der Waals surface area contributed by atoms with E-state index in [1.807, 2.05) is 23.7 Å². The van der Waals surface area contributed by atoms with Crippen LogP contribution in [0.2, 0.25) is 0 Å². The Kier molecular flexibility index (Phi) is 3.54. The zero-order chi connectivity index (χ0) is 15.1. The summed E-state index contributed by atoms with van der Waals surface area (Å²) in [5, 5.41) is 6.12. The molecular formula is C16H16ClN3OS. The Bertz CT molecular complexity index is 676. The number of fused-ring (bicyclic) bond motifs is 1. The van der Waals surface area contributed by atoms with E-state index in [4.69, 9.17) is 11.6 Å². The van der Waals surface area contributed by atoms with Crippen LogP contribution < -0.4 is 5.32 Å². The van der Waals surface area contributed by atoms with Gasteiger partial charge >= 0.3 is 0 Å². The van der Waals surface area contributed by atoms with Crippen molar-refractivity contribution >= 4 is 34.0 Å². The molecule has 1 aliphatic heterocycles. The number of anilines is 1. The molecule has 1 N–H and O–H groups in total. The molecule has 4 nitrogen and oxygen atoms in total. The van der Waals surface area contributed by atoms with Gasteiger partial charge in [0.2, 0.25) is 0 Å². The summed E-state index contributed by atoms with van der Waals surface area (Å²) in [4.78, 5) is 19.0. The van der Waals surface area contributed by atoms with Gasteiger partial charge in [-0.05, 0) is 30.9 Å². The zero-order valence-electron chi connectivity index (χ0n) is 11.9. The van der Waals surface area contributed by atoms with Gasteiger partial charge in [-0.2, -0.15) is 0 Å². The highest BCUT2D eigenvalue weighted by Gasteiger charge is 2.39. The smallest absolute Gasteiger partial charge is 0.255 e. The Morgan fingerprint density at radius 3 is 3.09 bits per heavy atom. The molecule has 1 aromatic rings. The molecule has 1 fully saturated rings. The second kappa shape index (κ2) is 5.56. The monoisotopic (exact) mass is 333 g/mol. The molecule has 0 spiro atoms. The van der Waals surface area contributed by atoms with E-state index < -0.39 is 0 Å². The lowest BCUT2D eigenvalue weighted by Crippen LogP contribution is -2.33. The van der Waals surface area contributed by atoms with Crippen molar-refractivity contribution in [2.24, 2.45) is 11.8 Å². The van der Waals surface area contributed by atoms with Gasteiger partial charge in [0.1, 0.15) is 0 Å². The van der Waals surface area contributed by atoms with Gasteiger partial charge in [-0.25, -0.2) is 4.98 Å². The number of nitrogens with zero attached hydrogens (tertiary/aromatic N) is 2. The molecule has 0 bridgehead atoms. The highest BCUT2D eigenvalue weighted by atomic mass is 35.5. The summed E-state index contributed by atoms with van der Waals surface area (Å²) in [6.07, 6.45) is 12.2. The molecule has 2 heterocycles. The molecule has 2 atom stereocenters. The van der Waals surface area contributed by atoms with Gasteiger partial charge in [-0.15, -0.1) is 11.3 Å². The first kappa shape index (κ1) is 14.0. The lowest BCUT2D eigenvalue weighted by molar-refractivity contribution is -0.113. The maximum atomic E-state index is 12.6. The summed E-state index contributed by atoms with van der Waals surface area (Å²) >= 11 is 7.59. The van der Waals surface area contributed by atoms with Crippen LogP contribution in [0.25, 0.3) is 0 Å². The van der Waals surface area contributed by atoms with Crippen LogP contribution in [-0.4, -0.2) is 28.4 Å². The van der Waals surface area contributed by atoms with Crippen LogP contribution in [0.1, 0.15) is 12.8 Å². The van der Waals surface area contributed by atoms with Crippen molar-refractivity contribution in [3.63, 3.8) is 0 Å². The summed E-state index contributed by atoms with van der Waals surface area (Å²) in [5.74, 6) is 0.761. The fraction of sp³-hybridized carbons (Fsp3) is 0.375. The third-order valence-corrected chi connectivity index (χ3v) is 5.23. The molecule has 22 heavy (non-hydrogen) atoms. The molecule has 1 saturated carbocycles. The average Bonchev–Trinajstić information content (AvgIpc) is 3.03. The summed E-state index contributed by atoms with van der Waals surface area (Å²) < 4.78 is 0. The summed E-state index contributed by atoms with van der Waals surface area (Å²) in [5.41, 5.74) is 0.789. The Hall–Kier alpha value is -1.59. The molecule has 3 aliphatic rings. The third-order valence-electron chi connectivity index (χ3n) is 4.29. The molecule has 0 aromatic carbocycles. The minimum Gasteiger partial charge on any atom is -0.369 e. The Balaban J connectivity index is 1.57. The largest absolute Gasteiger partial charge is 0.369 e. The number of carbonyl (C=O) groups excluding carboxylic acids is 1. The molecule has 0 saturated heterocycles. The minimum absolute atomic E-state index is 0.0701. The standard InChI is InChI=1S/C16H16ClN3OS/c17-11-3-4-12-13(15(21)19-16-18-5-6-22-16)9-20(14(12)7-11)8-10-1-2-10/h3-7,9-10,12,14H,1-2,8H2,(H,18,19,21). The topological polar surface area (TPSA) is 45.2 Å². The number of nitrogens with one attached hydrogen (secondary N) is 1. The Morgan fingerprint density at radius 2 is 2.36 bits per heavy atom. The van der Waals surface area contributed by atoms with Gasteiger partial charge in [0.25, 0.3) is 5.91 Å². The van der Waals surface area contributed by atoms with Crippen molar-refractivity contribution in [1.29, 1.82) is 0 Å². The summed E-state index contributed by atoms with van der Waals surface area (Å²) in [7, 11) is 0. The van der Waals surface area contributed by atoms with Gasteiger partial charge in [-0.1, -0.05) is 17.7 Å². The molecule has 0 radical (unpaired) electrons. The van der Waals surface area contributed by atoms with E-state index in [2.05, 4.69) is 21.3 Å². The predicted octanol–water partition coefficient (Wildman–Crippen LogP) is 3.37. The molecule has 1 amide bonds. The second-order valence-electron chi connectivity index (χ2n) is 5.94. The van der Waals surface area contributed by atoms with Crippen LogP contribution in [0.4, 0.5) is 5.13 Å². The van der Waals surface area contributed by atoms with Crippen LogP contribution in [0.15, 0.2) is 46.6 Å². The van der Waals surface area contributed by atoms with Gasteiger partial charge in [0.15, 0.2) is 5.13 Å². The molecule has 4 rings (SSSR count). The lowest BCUT2D eigenvalue weighted by Gasteiger charge is -2.28. The number of halogens is 1. The molecular weight excluding hydrogens is 318 g/mol. The maximum Gasteiger partial charge on any atom is 0.255 e. The fourth-order valence-corrected chi connectivity index (χ4v) is 3.74. The van der Waals surface area contributed by atoms with Gasteiger partial charge in [0, 0.05) is 40.8 Å². The molecule has 2 aliphatic carbocycles. The Morgan fingerprint density at radius 1 is 1.50 bits per heavy atom. The quantitative estimate of drug-likeness (QED) is 0.918. The highest BCUT2D eigenvalue weighted by Crippen LogP contribution is 2.39. The van der Waals surface area contributed by atoms with Gasteiger partial charge < -0.3 is 4.90 Å². The first-order valence-electron chi connectivity index (χ1n) is 7.44. The van der Waals surface area contributed by atoms with E-state index in [0.29, 0.717) is 5.13 Å². The fourth-order valence-electron chi connectivity index (χ4n) is 3.01. The second-order valence-corrected chi connectivity index (χ2v) is 7.27. The number of rotatable bonds is 4. The van der Waals surface area contributed by atoms with Crippen LogP contribution in [-0.2, 0) is 4.79 Å². The van der Waals surface area contributed by atoms with E-state index in [1.54, 1.807) is 6.20 Å². The van der Waals surface area contributed by atoms with Crippen molar-refractivity contribution in [2.45, 2.75) is 18.9 Å². The lowest BCUT2D eigenvalue weighted by atomic mass is 9.90. The van der Waals surface area contributed by atoms with Crippen molar-refractivity contribution in [3.8, 4) is 0 Å². The number of amides is 1. The van der Waals surface area contributed by atoms with E-state index >= 15 is 0 Å². The average molecular weight is 334 g/mol. The number of allylic oxidation sites excluding steroid dienone is 2. The molecule has 2 unspecified atom stereocenters. The maximum absolute atomic E-state index is 12.6. The number of carbonyl (C=O) groups is 1. The van der Waals surface area contributed by atoms with Crippen molar-refractivity contribution < 1.29 is 4.79 Å². The van der Waals surface area contributed by atoms with Gasteiger partial charge in [-0.3, -0.25) is 10.1 Å². The molecule has 6 heteroatoms. The zero-order valence-corrected chi connectivity index (χ0v) is 13.5. The predicted molar refractivity (Wildman–Crippen MR) is 88.6 cm³/mol. The van der Waals surface area contributed by atoms with Crippen LogP contribution in [0, 0.1) is 11.8 Å². The van der Waals surface area contributed by atoms with Crippen molar-refractivity contribution in [2.75, 3.05) is 11.9 Å². The first-order chi connectivity index (χ1) is 10.7. The van der Waals surface area contributed by atoms with Gasteiger partial charge in [0.05, 0.1) is 6.04 Å². The number of aromatic nitrogens is 1. The number of hydrogen-bond acceptors (Lipinski definition) is 4. The highest BCUT2D eigenvalue weighted by molar-refractivity contribution is 7.13. The van der Waals surface area contributed by atoms with Crippen LogP contribution in [0.5, 0.6) is 0 Å². The van der Waals surface area contributed by atoms with E-state index in [9.17, 15) is 4.79 Å². The normalized spacial score (nSPS) is 26.5. The molecule has 1 aromatic heterocycles. The SMILES string of the molecule is O=C(Nc1nccs1)C1=CN(CC2CC2)C2C=C(Cl)C=CC12. The van der Waals surface area contributed by atoms with Crippen molar-refractivity contribution in [3.05, 3.63) is 46.6 Å². The van der Waals surface area contributed by atoms with E-state index in [0.717, 1.165) is 23.1 Å². The van der Waals surface area contributed by atoms with Crippen LogP contribution in [0.3, 0.4) is 0 Å². The first-order valence-corrected chi connectivity index (χ1v) is 8.70. The number of thiazole rings is 1. The van der Waals surface area contributed by atoms with E-state index in [-0.39, 0.29) is 17.9 Å². The summed E-state index contributed by atoms with van der Waals surface area (Å²) in [6.45, 7) is 1.00. The van der Waals surface area contributed by atoms with Crippen molar-refractivity contribution in [1.82, 2.24) is 9.88 Å². The number of hydrogen-bond donors (Lipinski definition) is 1. The summed E-state index contributed by atoms with van der Waals surface area (Å²) in [6, 6.07) is 0.162. The third kappa shape index (κ3) is 2.71. The Labute approximate surface area is 138 Å². The molecule has 114 valence electrons. The minimum atomic E-state index is -0.0701.